The number of halogens is 2. The van der Waals surface area contributed by atoms with Gasteiger partial charge in [-0.1, -0.05) is 29.5 Å². The Kier molecular flexibility index (Phi) is 5.32. The van der Waals surface area contributed by atoms with Crippen molar-refractivity contribution in [3.63, 3.8) is 0 Å². The summed E-state index contributed by atoms with van der Waals surface area (Å²) >= 11 is 1.05. The minimum absolute atomic E-state index is 0.0881. The second-order valence-electron chi connectivity index (χ2n) is 5.62. The molecule has 1 N–H and O–H groups in total. The van der Waals surface area contributed by atoms with Crippen LogP contribution in [0.3, 0.4) is 0 Å². The summed E-state index contributed by atoms with van der Waals surface area (Å²) in [5.41, 5.74) is 1.76. The molecule has 3 aromatic rings. The first kappa shape index (κ1) is 18.1. The molecule has 5 nitrogen and oxygen atoms in total. The maximum Gasteiger partial charge on any atom is 0.277 e. The van der Waals surface area contributed by atoms with E-state index in [1.165, 1.54) is 6.07 Å². The Morgan fingerprint density at radius 1 is 1.19 bits per heavy atom. The molecular formula is C18H15F2N3O2S. The molecule has 0 saturated carbocycles. The molecule has 26 heavy (non-hydrogen) atoms. The lowest BCUT2D eigenvalue weighted by molar-refractivity contribution is -0.115. The van der Waals surface area contributed by atoms with Crippen molar-refractivity contribution >= 4 is 23.4 Å². The SMILES string of the molecule is Cc1cccc(-c2nnc(S[C@H](C)C(=O)Nc3ccc(F)cc3F)o2)c1. The molecule has 0 aliphatic carbocycles. The third-order valence-corrected chi connectivity index (χ3v) is 4.44. The standard InChI is InChI=1S/C18H15F2N3O2S/c1-10-4-3-5-12(8-10)17-22-23-18(25-17)26-11(2)16(24)21-15-7-6-13(19)9-14(15)20/h3-9,11H,1-2H3,(H,21,24)/t11-/m1/s1. The van der Waals surface area contributed by atoms with Crippen LogP contribution in [0.15, 0.2) is 52.1 Å². The molecule has 1 heterocycles. The molecule has 0 spiro atoms. The summed E-state index contributed by atoms with van der Waals surface area (Å²) in [5, 5.41) is 9.92. The molecule has 1 aromatic heterocycles. The zero-order valence-corrected chi connectivity index (χ0v) is 14.8. The topological polar surface area (TPSA) is 68.0 Å². The summed E-state index contributed by atoms with van der Waals surface area (Å²) in [4.78, 5) is 12.2. The van der Waals surface area contributed by atoms with Crippen LogP contribution >= 0.6 is 11.8 Å². The van der Waals surface area contributed by atoms with E-state index in [-0.39, 0.29) is 10.9 Å². The average molecular weight is 375 g/mol. The Bertz CT molecular complexity index is 946. The predicted molar refractivity (Wildman–Crippen MR) is 94.8 cm³/mol. The van der Waals surface area contributed by atoms with Crippen molar-refractivity contribution in [1.82, 2.24) is 10.2 Å². The van der Waals surface area contributed by atoms with E-state index in [1.807, 2.05) is 31.2 Å². The van der Waals surface area contributed by atoms with Crippen molar-refractivity contribution in [2.24, 2.45) is 0 Å². The van der Waals surface area contributed by atoms with Crippen molar-refractivity contribution in [3.8, 4) is 11.5 Å². The molecule has 0 fully saturated rings. The van der Waals surface area contributed by atoms with Crippen molar-refractivity contribution in [2.75, 3.05) is 5.32 Å². The minimum Gasteiger partial charge on any atom is -0.411 e. The van der Waals surface area contributed by atoms with E-state index in [2.05, 4.69) is 15.5 Å². The highest BCUT2D eigenvalue weighted by Gasteiger charge is 2.20. The van der Waals surface area contributed by atoms with Gasteiger partial charge in [0.25, 0.3) is 5.22 Å². The quantitative estimate of drug-likeness (QED) is 0.668. The number of rotatable bonds is 5. The molecule has 0 radical (unpaired) electrons. The van der Waals surface area contributed by atoms with Crippen LogP contribution in [-0.2, 0) is 4.79 Å². The third kappa shape index (κ3) is 4.26. The minimum atomic E-state index is -0.838. The number of carbonyl (C=O) groups is 1. The fourth-order valence-electron chi connectivity index (χ4n) is 2.18. The monoisotopic (exact) mass is 375 g/mol. The Hall–Kier alpha value is -2.74. The van der Waals surface area contributed by atoms with Crippen molar-refractivity contribution in [1.29, 1.82) is 0 Å². The van der Waals surface area contributed by atoms with Gasteiger partial charge in [0.15, 0.2) is 0 Å². The maximum atomic E-state index is 13.6. The number of aryl methyl sites for hydroxylation is 1. The molecule has 8 heteroatoms. The molecule has 1 atom stereocenters. The van der Waals surface area contributed by atoms with Gasteiger partial charge in [0.2, 0.25) is 11.8 Å². The lowest BCUT2D eigenvalue weighted by Crippen LogP contribution is -2.23. The van der Waals surface area contributed by atoms with Crippen LogP contribution in [0.1, 0.15) is 12.5 Å². The summed E-state index contributed by atoms with van der Waals surface area (Å²) in [7, 11) is 0. The molecule has 0 saturated heterocycles. The number of hydrogen-bond acceptors (Lipinski definition) is 5. The van der Waals surface area contributed by atoms with Crippen LogP contribution in [0.4, 0.5) is 14.5 Å². The number of benzene rings is 2. The van der Waals surface area contributed by atoms with Gasteiger partial charge in [0.1, 0.15) is 11.6 Å². The second kappa shape index (κ2) is 7.65. The number of nitrogens with zero attached hydrogens (tertiary/aromatic N) is 2. The first-order chi connectivity index (χ1) is 12.4. The van der Waals surface area contributed by atoms with Crippen molar-refractivity contribution in [2.45, 2.75) is 24.3 Å². The van der Waals surface area contributed by atoms with Crippen LogP contribution in [-0.4, -0.2) is 21.4 Å². The van der Waals surface area contributed by atoms with E-state index >= 15 is 0 Å². The third-order valence-electron chi connectivity index (χ3n) is 3.51. The van der Waals surface area contributed by atoms with Gasteiger partial charge in [-0.15, -0.1) is 10.2 Å². The van der Waals surface area contributed by atoms with E-state index in [1.54, 1.807) is 6.92 Å². The lowest BCUT2D eigenvalue weighted by Gasteiger charge is -2.10. The number of amides is 1. The van der Waals surface area contributed by atoms with Crippen molar-refractivity contribution in [3.05, 3.63) is 59.7 Å². The van der Waals surface area contributed by atoms with Gasteiger partial charge in [-0.05, 0) is 38.1 Å². The number of aromatic nitrogens is 2. The van der Waals surface area contributed by atoms with Crippen LogP contribution in [0.25, 0.3) is 11.5 Å². The van der Waals surface area contributed by atoms with Crippen LogP contribution in [0.2, 0.25) is 0 Å². The van der Waals surface area contributed by atoms with Gasteiger partial charge in [0.05, 0.1) is 10.9 Å². The number of nitrogens with one attached hydrogen (secondary N) is 1. The predicted octanol–water partition coefficient (Wildman–Crippen LogP) is 4.44. The molecule has 134 valence electrons. The lowest BCUT2D eigenvalue weighted by atomic mass is 10.1. The molecule has 0 unspecified atom stereocenters. The van der Waals surface area contributed by atoms with Gasteiger partial charge in [-0.3, -0.25) is 4.79 Å². The first-order valence-corrected chi connectivity index (χ1v) is 8.63. The van der Waals surface area contributed by atoms with Gasteiger partial charge >= 0.3 is 0 Å². The largest absolute Gasteiger partial charge is 0.411 e. The van der Waals surface area contributed by atoms with Gasteiger partial charge in [0, 0.05) is 11.6 Å². The molecule has 0 aliphatic rings. The highest BCUT2D eigenvalue weighted by atomic mass is 32.2. The molecule has 2 aromatic carbocycles. The van der Waals surface area contributed by atoms with Gasteiger partial charge in [-0.2, -0.15) is 0 Å². The average Bonchev–Trinajstić information content (AvgIpc) is 3.06. The summed E-state index contributed by atoms with van der Waals surface area (Å²) in [6.07, 6.45) is 0. The summed E-state index contributed by atoms with van der Waals surface area (Å²) < 4.78 is 32.1. The molecular weight excluding hydrogens is 360 g/mol. The fourth-order valence-corrected chi connectivity index (χ4v) is 2.87. The van der Waals surface area contributed by atoms with E-state index in [0.717, 1.165) is 29.0 Å². The number of hydrogen-bond donors (Lipinski definition) is 1. The van der Waals surface area contributed by atoms with Gasteiger partial charge < -0.3 is 9.73 Å². The van der Waals surface area contributed by atoms with E-state index in [0.29, 0.717) is 12.0 Å². The summed E-state index contributed by atoms with van der Waals surface area (Å²) in [5.74, 6) is -1.66. The van der Waals surface area contributed by atoms with E-state index in [9.17, 15) is 13.6 Å². The molecule has 0 aliphatic heterocycles. The zero-order valence-electron chi connectivity index (χ0n) is 14.0. The Labute approximate surface area is 152 Å². The smallest absolute Gasteiger partial charge is 0.277 e. The van der Waals surface area contributed by atoms with Crippen LogP contribution < -0.4 is 5.32 Å². The highest BCUT2D eigenvalue weighted by Crippen LogP contribution is 2.27. The summed E-state index contributed by atoms with van der Waals surface area (Å²) in [6, 6.07) is 10.5. The van der Waals surface area contributed by atoms with Crippen LogP contribution in [0, 0.1) is 18.6 Å². The Morgan fingerprint density at radius 3 is 2.73 bits per heavy atom. The normalized spacial score (nSPS) is 12.0. The molecule has 0 bridgehead atoms. The fraction of sp³-hybridized carbons (Fsp3) is 0.167. The first-order valence-electron chi connectivity index (χ1n) is 7.75. The number of anilines is 1. The Morgan fingerprint density at radius 2 is 2.00 bits per heavy atom. The highest BCUT2D eigenvalue weighted by molar-refractivity contribution is 8.00. The van der Waals surface area contributed by atoms with Crippen molar-refractivity contribution < 1.29 is 18.0 Å². The van der Waals surface area contributed by atoms with E-state index < -0.39 is 22.8 Å². The zero-order chi connectivity index (χ0) is 18.7. The number of carbonyl (C=O) groups excluding carboxylic acids is 1. The van der Waals surface area contributed by atoms with E-state index in [4.69, 9.17) is 4.42 Å². The Balaban J connectivity index is 1.66. The van der Waals surface area contributed by atoms with Crippen LogP contribution in [0.5, 0.6) is 0 Å². The van der Waals surface area contributed by atoms with Gasteiger partial charge in [-0.25, -0.2) is 8.78 Å². The number of thioether (sulfide) groups is 1. The second-order valence-corrected chi connectivity index (χ2v) is 6.91. The maximum absolute atomic E-state index is 13.6. The summed E-state index contributed by atoms with van der Waals surface area (Å²) in [6.45, 7) is 3.58. The molecule has 1 amide bonds. The molecule has 3 rings (SSSR count).